The molecule has 1 N–H and O–H groups in total. The summed E-state index contributed by atoms with van der Waals surface area (Å²) in [5.74, 6) is 0.286. The van der Waals surface area contributed by atoms with Crippen molar-refractivity contribution in [1.82, 2.24) is 15.0 Å². The molecule has 5 nitrogen and oxygen atoms in total. The van der Waals surface area contributed by atoms with E-state index in [-0.39, 0.29) is 47.9 Å². The molecular formula is C40H48IrN3O2S-. The van der Waals surface area contributed by atoms with E-state index in [1.165, 1.54) is 17.0 Å². The molecule has 0 saturated heterocycles. The number of rotatable bonds is 9. The maximum atomic E-state index is 12.2. The molecule has 0 fully saturated rings. The normalized spacial score (nSPS) is 12.4. The van der Waals surface area contributed by atoms with Crippen molar-refractivity contribution < 1.29 is 30.0 Å². The minimum atomic E-state index is -0.337. The van der Waals surface area contributed by atoms with Crippen LogP contribution in [-0.4, -0.2) is 25.8 Å². The monoisotopic (exact) mass is 827 g/mol. The number of carbonyl (C=O) groups is 1. The summed E-state index contributed by atoms with van der Waals surface area (Å²) in [5, 5.41) is 14.6. The van der Waals surface area contributed by atoms with Crippen LogP contribution >= 0.6 is 11.3 Å². The van der Waals surface area contributed by atoms with Gasteiger partial charge in [0.05, 0.1) is 15.9 Å². The second-order valence-electron chi connectivity index (χ2n) is 13.6. The van der Waals surface area contributed by atoms with E-state index in [1.54, 1.807) is 17.7 Å². The van der Waals surface area contributed by atoms with Gasteiger partial charge in [-0.3, -0.25) is 14.8 Å². The predicted molar refractivity (Wildman–Crippen MR) is 194 cm³/mol. The summed E-state index contributed by atoms with van der Waals surface area (Å²) in [6.45, 7) is 18.8. The predicted octanol–water partition coefficient (Wildman–Crippen LogP) is 11.3. The zero-order chi connectivity index (χ0) is 33.7. The number of thiophene rings is 1. The van der Waals surface area contributed by atoms with Crippen molar-refractivity contribution in [2.45, 2.75) is 93.4 Å². The van der Waals surface area contributed by atoms with E-state index in [0.717, 1.165) is 63.8 Å². The van der Waals surface area contributed by atoms with E-state index in [0.29, 0.717) is 0 Å². The molecule has 0 aliphatic heterocycles. The SMILES string of the molecule is CC(C)(C)c1cc(-c2cc(-c3ccnc4ccsc34)ncn2)[c-]c2ccccc12.CCC(C)(CC)C(=O)/C=C(\O)C(C)(CC)CC.[Ir]. The Hall–Kier alpha value is -3.25. The van der Waals surface area contributed by atoms with Gasteiger partial charge in [-0.25, -0.2) is 4.98 Å². The number of hydrogen-bond acceptors (Lipinski definition) is 6. The van der Waals surface area contributed by atoms with Crippen molar-refractivity contribution >= 4 is 38.1 Å². The molecule has 3 aromatic heterocycles. The summed E-state index contributed by atoms with van der Waals surface area (Å²) in [6.07, 6.45) is 8.24. The summed E-state index contributed by atoms with van der Waals surface area (Å²) in [4.78, 5) is 25.8. The van der Waals surface area contributed by atoms with Crippen molar-refractivity contribution in [2.24, 2.45) is 10.8 Å². The molecule has 0 aliphatic rings. The van der Waals surface area contributed by atoms with Gasteiger partial charge in [-0.05, 0) is 54.7 Å². The number of fused-ring (bicyclic) bond motifs is 2. The van der Waals surface area contributed by atoms with Crippen molar-refractivity contribution in [2.75, 3.05) is 0 Å². The van der Waals surface area contributed by atoms with E-state index >= 15 is 0 Å². The topological polar surface area (TPSA) is 76.0 Å². The van der Waals surface area contributed by atoms with Crippen molar-refractivity contribution in [3.05, 3.63) is 89.9 Å². The van der Waals surface area contributed by atoms with Crippen LogP contribution in [0, 0.1) is 16.9 Å². The second-order valence-corrected chi connectivity index (χ2v) is 14.5. The number of hydrogen-bond donors (Lipinski definition) is 1. The van der Waals surface area contributed by atoms with Gasteiger partial charge in [0.25, 0.3) is 0 Å². The molecule has 3 heterocycles. The number of ketones is 1. The van der Waals surface area contributed by atoms with Gasteiger partial charge >= 0.3 is 0 Å². The minimum Gasteiger partial charge on any atom is -0.512 e. The van der Waals surface area contributed by atoms with Gasteiger partial charge in [0, 0.05) is 54.5 Å². The molecule has 0 bridgehead atoms. The third-order valence-electron chi connectivity index (χ3n) is 9.75. The van der Waals surface area contributed by atoms with Crippen LogP contribution in [0.2, 0.25) is 0 Å². The summed E-state index contributed by atoms with van der Waals surface area (Å²) in [7, 11) is 0. The number of pyridine rings is 1. The third-order valence-corrected chi connectivity index (χ3v) is 10.7. The van der Waals surface area contributed by atoms with Crippen LogP contribution in [0.15, 0.2) is 78.3 Å². The summed E-state index contributed by atoms with van der Waals surface area (Å²) in [5.41, 5.74) is 5.59. The molecule has 0 atom stereocenters. The second kappa shape index (κ2) is 15.8. The molecule has 0 amide bonds. The van der Waals surface area contributed by atoms with Crippen LogP contribution in [0.4, 0.5) is 0 Å². The first-order valence-electron chi connectivity index (χ1n) is 16.4. The Morgan fingerprint density at radius 2 is 1.49 bits per heavy atom. The van der Waals surface area contributed by atoms with E-state index in [2.05, 4.69) is 83.6 Å². The van der Waals surface area contributed by atoms with Crippen LogP contribution in [0.25, 0.3) is 43.5 Å². The molecule has 0 unspecified atom stereocenters. The van der Waals surface area contributed by atoms with Gasteiger partial charge in [-0.15, -0.1) is 40.5 Å². The van der Waals surface area contributed by atoms with E-state index in [9.17, 15) is 9.90 Å². The Labute approximate surface area is 298 Å². The Bertz CT molecular complexity index is 1850. The number of allylic oxidation sites excluding steroid dienone is 2. The smallest absolute Gasteiger partial charge is 0.164 e. The number of aliphatic hydroxyl groups is 1. The first kappa shape index (κ1) is 38.2. The number of carbonyl (C=O) groups excluding carboxylic acids is 1. The van der Waals surface area contributed by atoms with Crippen LogP contribution in [-0.2, 0) is 30.3 Å². The van der Waals surface area contributed by atoms with Gasteiger partial charge in [0.1, 0.15) is 12.1 Å². The number of aliphatic hydroxyl groups excluding tert-OH is 1. The summed E-state index contributed by atoms with van der Waals surface area (Å²) >= 11 is 1.69. The largest absolute Gasteiger partial charge is 0.512 e. The average molecular weight is 827 g/mol. The first-order chi connectivity index (χ1) is 21.8. The fraction of sp³-hybridized carbons (Fsp3) is 0.400. The molecule has 5 rings (SSSR count). The summed E-state index contributed by atoms with van der Waals surface area (Å²) < 4.78 is 1.15. The van der Waals surface area contributed by atoms with Crippen LogP contribution in [0.1, 0.15) is 93.6 Å². The number of aromatic nitrogens is 3. The zero-order valence-corrected chi connectivity index (χ0v) is 32.4. The Morgan fingerprint density at radius 3 is 2.13 bits per heavy atom. The minimum absolute atomic E-state index is 0. The van der Waals surface area contributed by atoms with Gasteiger partial charge in [-0.1, -0.05) is 91.5 Å². The molecule has 251 valence electrons. The van der Waals surface area contributed by atoms with E-state index < -0.39 is 0 Å². The van der Waals surface area contributed by atoms with Gasteiger partial charge in [0.15, 0.2) is 5.78 Å². The molecule has 2 aromatic carbocycles. The number of benzene rings is 2. The van der Waals surface area contributed by atoms with Crippen molar-refractivity contribution in [1.29, 1.82) is 0 Å². The Kier molecular flexibility index (Phi) is 12.8. The van der Waals surface area contributed by atoms with Crippen molar-refractivity contribution in [3.63, 3.8) is 0 Å². The standard InChI is InChI=1S/C25H20N3S.C15H28O2.Ir/c1-25(2,3)20-13-17(12-16-6-4-5-7-18(16)20)22-14-23(28-15-27-22)19-8-10-26-21-9-11-29-24(19)21;1-7-14(5,8-2)12(16)11-13(17)15(6,9-3)10-4;/h4-11,13-15H,1-3H3;11,16H,7-10H2,1-6H3;/q-1;;/b;12-11-;. The van der Waals surface area contributed by atoms with Crippen LogP contribution in [0.3, 0.4) is 0 Å². The fourth-order valence-electron chi connectivity index (χ4n) is 5.40. The van der Waals surface area contributed by atoms with Crippen molar-refractivity contribution in [3.8, 4) is 22.5 Å². The van der Waals surface area contributed by atoms with Gasteiger partial charge in [-0.2, -0.15) is 0 Å². The summed E-state index contributed by atoms with van der Waals surface area (Å²) in [6, 6.07) is 20.4. The molecule has 0 aliphatic carbocycles. The molecule has 0 spiro atoms. The molecule has 47 heavy (non-hydrogen) atoms. The van der Waals surface area contributed by atoms with Crippen LogP contribution in [0.5, 0.6) is 0 Å². The van der Waals surface area contributed by atoms with E-state index in [4.69, 9.17) is 0 Å². The molecular weight excluding hydrogens is 779 g/mol. The number of nitrogens with zero attached hydrogens (tertiary/aromatic N) is 3. The fourth-order valence-corrected chi connectivity index (χ4v) is 6.27. The Morgan fingerprint density at radius 1 is 0.851 bits per heavy atom. The van der Waals surface area contributed by atoms with Gasteiger partial charge in [0.2, 0.25) is 0 Å². The van der Waals surface area contributed by atoms with Gasteiger partial charge < -0.3 is 5.11 Å². The molecule has 5 aromatic rings. The molecule has 0 saturated carbocycles. The molecule has 7 heteroatoms. The average Bonchev–Trinajstić information content (AvgIpc) is 3.56. The van der Waals surface area contributed by atoms with Crippen LogP contribution < -0.4 is 0 Å². The first-order valence-corrected chi connectivity index (χ1v) is 17.2. The third kappa shape index (κ3) is 8.43. The Balaban J connectivity index is 0.000000290. The molecule has 1 radical (unpaired) electrons. The maximum Gasteiger partial charge on any atom is 0.164 e. The maximum absolute atomic E-state index is 12.2. The zero-order valence-electron chi connectivity index (χ0n) is 29.2. The quantitative estimate of drug-likeness (QED) is 0.0910. The van der Waals surface area contributed by atoms with E-state index in [1.807, 2.05) is 59.9 Å².